The smallest absolute Gasteiger partial charge is 0.0921 e. The first-order valence-corrected chi connectivity index (χ1v) is 5.96. The highest BCUT2D eigenvalue weighted by molar-refractivity contribution is 5.19. The molecule has 2 aromatic rings. The van der Waals surface area contributed by atoms with Crippen molar-refractivity contribution in [3.05, 3.63) is 54.1 Å². The molecular weight excluding hydrogens is 196 g/mol. The summed E-state index contributed by atoms with van der Waals surface area (Å²) in [5, 5.41) is 0. The van der Waals surface area contributed by atoms with Gasteiger partial charge in [0.1, 0.15) is 0 Å². The molecule has 0 atom stereocenters. The van der Waals surface area contributed by atoms with Crippen molar-refractivity contribution in [3.63, 3.8) is 0 Å². The van der Waals surface area contributed by atoms with Gasteiger partial charge in [0.25, 0.3) is 0 Å². The fourth-order valence-corrected chi connectivity index (χ4v) is 1.20. The lowest BCUT2D eigenvalue weighted by atomic mass is 10.1. The molecule has 88 valence electrons. The maximum Gasteiger partial charge on any atom is 0.0921 e. The van der Waals surface area contributed by atoms with Gasteiger partial charge in [-0.3, -0.25) is 0 Å². The summed E-state index contributed by atoms with van der Waals surface area (Å²) in [4.78, 5) is 7.04. The summed E-state index contributed by atoms with van der Waals surface area (Å²) in [5.41, 5.74) is 2.46. The lowest BCUT2D eigenvalue weighted by Gasteiger charge is -1.96. The molecule has 0 saturated heterocycles. The number of H-pyrrole nitrogens is 1. The molecule has 0 aliphatic rings. The van der Waals surface area contributed by atoms with Crippen LogP contribution in [0.5, 0.6) is 0 Å². The second kappa shape index (κ2) is 9.97. The molecule has 2 rings (SSSR count). The van der Waals surface area contributed by atoms with Gasteiger partial charge in [-0.05, 0) is 5.56 Å². The molecule has 0 amide bonds. The number of hydrogen-bond acceptors (Lipinski definition) is 1. The van der Waals surface area contributed by atoms with Crippen LogP contribution in [-0.4, -0.2) is 9.97 Å². The zero-order valence-electron chi connectivity index (χ0n) is 10.7. The normalized spacial score (nSPS) is 8.25. The Labute approximate surface area is 98.8 Å². The maximum absolute atomic E-state index is 3.96. The van der Waals surface area contributed by atoms with Gasteiger partial charge >= 0.3 is 0 Å². The summed E-state index contributed by atoms with van der Waals surface area (Å²) in [6.07, 6.45) is 4.49. The molecule has 0 aliphatic carbocycles. The number of benzene rings is 1. The van der Waals surface area contributed by atoms with E-state index in [0.717, 1.165) is 12.1 Å². The molecule has 1 aromatic carbocycles. The van der Waals surface area contributed by atoms with E-state index >= 15 is 0 Å². The van der Waals surface area contributed by atoms with E-state index < -0.39 is 0 Å². The molecule has 0 unspecified atom stereocenters. The van der Waals surface area contributed by atoms with Crippen molar-refractivity contribution < 1.29 is 0 Å². The summed E-state index contributed by atoms with van der Waals surface area (Å²) < 4.78 is 0. The minimum atomic E-state index is 0.931. The summed E-state index contributed by atoms with van der Waals surface area (Å²) in [7, 11) is 0. The molecule has 0 spiro atoms. The summed E-state index contributed by atoms with van der Waals surface area (Å²) in [5.74, 6) is 0. The van der Waals surface area contributed by atoms with E-state index in [9.17, 15) is 0 Å². The lowest BCUT2D eigenvalue weighted by Crippen LogP contribution is -1.86. The number of aromatic amines is 1. The monoisotopic (exact) mass is 218 g/mol. The third-order valence-electron chi connectivity index (χ3n) is 1.79. The van der Waals surface area contributed by atoms with Gasteiger partial charge in [-0.25, -0.2) is 4.98 Å². The predicted octanol–water partition coefficient (Wildman–Crippen LogP) is 4.05. The number of nitrogens with one attached hydrogen (secondary N) is 1. The second-order valence-corrected chi connectivity index (χ2v) is 2.74. The molecule has 0 aliphatic heterocycles. The summed E-state index contributed by atoms with van der Waals surface area (Å²) in [6.45, 7) is 8.00. The number of nitrogens with zero attached hydrogens (tertiary/aromatic N) is 1. The van der Waals surface area contributed by atoms with Gasteiger partial charge in [-0.2, -0.15) is 0 Å². The molecule has 1 aromatic heterocycles. The summed E-state index contributed by atoms with van der Waals surface area (Å²) >= 11 is 0. The zero-order chi connectivity index (χ0) is 12.2. The number of hydrogen-bond donors (Lipinski definition) is 1. The van der Waals surface area contributed by atoms with E-state index in [2.05, 4.69) is 22.1 Å². The summed E-state index contributed by atoms with van der Waals surface area (Å²) in [6, 6.07) is 10.3. The Hall–Kier alpha value is -1.57. The Balaban J connectivity index is 0.000000509. The Morgan fingerprint density at radius 1 is 1.00 bits per heavy atom. The van der Waals surface area contributed by atoms with Gasteiger partial charge in [0, 0.05) is 18.3 Å². The van der Waals surface area contributed by atoms with E-state index in [1.54, 1.807) is 6.33 Å². The van der Waals surface area contributed by atoms with Crippen molar-refractivity contribution in [2.45, 2.75) is 34.1 Å². The van der Waals surface area contributed by atoms with Crippen molar-refractivity contribution in [3.8, 4) is 0 Å². The molecule has 0 saturated carbocycles. The average molecular weight is 218 g/mol. The fourth-order valence-electron chi connectivity index (χ4n) is 1.20. The van der Waals surface area contributed by atoms with E-state index in [-0.39, 0.29) is 0 Å². The lowest BCUT2D eigenvalue weighted by molar-refractivity contribution is 1.11. The first kappa shape index (κ1) is 14.4. The first-order valence-electron chi connectivity index (χ1n) is 5.96. The molecule has 0 fully saturated rings. The van der Waals surface area contributed by atoms with Gasteiger partial charge in [-0.15, -0.1) is 0 Å². The van der Waals surface area contributed by atoms with Gasteiger partial charge in [-0.1, -0.05) is 58.0 Å². The number of rotatable bonds is 2. The van der Waals surface area contributed by atoms with Crippen LogP contribution >= 0.6 is 0 Å². The van der Waals surface area contributed by atoms with Crippen LogP contribution in [0, 0.1) is 0 Å². The predicted molar refractivity (Wildman–Crippen MR) is 70.5 cm³/mol. The van der Waals surface area contributed by atoms with Crippen LogP contribution in [-0.2, 0) is 6.42 Å². The van der Waals surface area contributed by atoms with E-state index in [4.69, 9.17) is 0 Å². The largest absolute Gasteiger partial charge is 0.348 e. The SMILES string of the molecule is CC.CC.c1ccc(Cc2cnc[nH]2)cc1. The van der Waals surface area contributed by atoms with Gasteiger partial charge in [0.2, 0.25) is 0 Å². The average Bonchev–Trinajstić information content (AvgIpc) is 2.88. The molecule has 0 radical (unpaired) electrons. The highest BCUT2D eigenvalue weighted by Gasteiger charge is 1.94. The number of aromatic nitrogens is 2. The molecule has 16 heavy (non-hydrogen) atoms. The first-order chi connectivity index (χ1) is 7.95. The van der Waals surface area contributed by atoms with Gasteiger partial charge in [0.05, 0.1) is 6.33 Å². The Bertz CT molecular complexity index is 325. The maximum atomic E-state index is 3.96. The molecular formula is C14H22N2. The Kier molecular flexibility index (Phi) is 8.99. The highest BCUT2D eigenvalue weighted by Crippen LogP contribution is 2.04. The molecule has 1 heterocycles. The minimum Gasteiger partial charge on any atom is -0.348 e. The van der Waals surface area contributed by atoms with Crippen LogP contribution in [0.25, 0.3) is 0 Å². The quantitative estimate of drug-likeness (QED) is 0.809. The van der Waals surface area contributed by atoms with Crippen LogP contribution < -0.4 is 0 Å². The third-order valence-corrected chi connectivity index (χ3v) is 1.79. The third kappa shape index (κ3) is 5.35. The molecule has 2 heteroatoms. The van der Waals surface area contributed by atoms with Crippen LogP contribution in [0.3, 0.4) is 0 Å². The fraction of sp³-hybridized carbons (Fsp3) is 0.357. The van der Waals surface area contributed by atoms with Crippen molar-refractivity contribution in [1.29, 1.82) is 0 Å². The van der Waals surface area contributed by atoms with Crippen LogP contribution in [0.1, 0.15) is 39.0 Å². The van der Waals surface area contributed by atoms with Crippen molar-refractivity contribution >= 4 is 0 Å². The minimum absolute atomic E-state index is 0.931. The van der Waals surface area contributed by atoms with Crippen LogP contribution in [0.4, 0.5) is 0 Å². The van der Waals surface area contributed by atoms with Gasteiger partial charge < -0.3 is 4.98 Å². The molecule has 0 bridgehead atoms. The molecule has 1 N–H and O–H groups in total. The Morgan fingerprint density at radius 2 is 1.62 bits per heavy atom. The number of imidazole rings is 1. The topological polar surface area (TPSA) is 28.7 Å². The second-order valence-electron chi connectivity index (χ2n) is 2.74. The van der Waals surface area contributed by atoms with Crippen LogP contribution in [0.2, 0.25) is 0 Å². The molecule has 2 nitrogen and oxygen atoms in total. The van der Waals surface area contributed by atoms with Crippen molar-refractivity contribution in [2.75, 3.05) is 0 Å². The Morgan fingerprint density at radius 3 is 2.12 bits per heavy atom. The van der Waals surface area contributed by atoms with Crippen molar-refractivity contribution in [2.24, 2.45) is 0 Å². The highest BCUT2D eigenvalue weighted by atomic mass is 14.9. The van der Waals surface area contributed by atoms with Crippen molar-refractivity contribution in [1.82, 2.24) is 9.97 Å². The standard InChI is InChI=1S/C10H10N2.2C2H6/c1-2-4-9(5-3-1)6-10-7-11-8-12-10;2*1-2/h1-5,7-8H,6H2,(H,11,12);2*1-2H3. The van der Waals surface area contributed by atoms with Gasteiger partial charge in [0.15, 0.2) is 0 Å². The van der Waals surface area contributed by atoms with Crippen LogP contribution in [0.15, 0.2) is 42.9 Å². The van der Waals surface area contributed by atoms with E-state index in [0.29, 0.717) is 0 Å². The zero-order valence-corrected chi connectivity index (χ0v) is 10.7. The van der Waals surface area contributed by atoms with E-state index in [1.807, 2.05) is 52.1 Å². The van der Waals surface area contributed by atoms with E-state index in [1.165, 1.54) is 5.56 Å².